The second-order valence-electron chi connectivity index (χ2n) is 4.55. The normalized spacial score (nSPS) is 17.6. The number of anilines is 1. The molecule has 3 rings (SSSR count). The zero-order valence-corrected chi connectivity index (χ0v) is 9.70. The molecule has 1 aliphatic rings. The van der Waals surface area contributed by atoms with Crippen LogP contribution in [-0.4, -0.2) is 0 Å². The smallest absolute Gasteiger partial charge is 0.123 e. The van der Waals surface area contributed by atoms with Gasteiger partial charge in [-0.15, -0.1) is 0 Å². The van der Waals surface area contributed by atoms with Gasteiger partial charge in [-0.25, -0.2) is 4.39 Å². The second kappa shape index (κ2) is 3.88. The summed E-state index contributed by atoms with van der Waals surface area (Å²) >= 11 is 0. The summed E-state index contributed by atoms with van der Waals surface area (Å²) < 4.78 is 12.9. The fourth-order valence-electron chi connectivity index (χ4n) is 2.45. The van der Waals surface area contributed by atoms with E-state index in [1.165, 1.54) is 28.9 Å². The van der Waals surface area contributed by atoms with Crippen molar-refractivity contribution in [1.29, 1.82) is 0 Å². The van der Waals surface area contributed by atoms with Crippen LogP contribution in [0.1, 0.15) is 22.7 Å². The maximum Gasteiger partial charge on any atom is 0.123 e. The monoisotopic (exact) mass is 227 g/mol. The van der Waals surface area contributed by atoms with Crippen molar-refractivity contribution in [3.8, 4) is 0 Å². The Labute approximate surface area is 100 Å². The molecule has 86 valence electrons. The molecule has 0 saturated heterocycles. The van der Waals surface area contributed by atoms with Gasteiger partial charge in [-0.3, -0.25) is 0 Å². The van der Waals surface area contributed by atoms with Gasteiger partial charge in [0.05, 0.1) is 6.04 Å². The van der Waals surface area contributed by atoms with Crippen molar-refractivity contribution in [3.63, 3.8) is 0 Å². The molecule has 0 radical (unpaired) electrons. The maximum absolute atomic E-state index is 12.9. The highest BCUT2D eigenvalue weighted by molar-refractivity contribution is 5.60. The number of hydrogen-bond acceptors (Lipinski definition) is 1. The van der Waals surface area contributed by atoms with E-state index < -0.39 is 0 Å². The fraction of sp³-hybridized carbons (Fsp3) is 0.200. The van der Waals surface area contributed by atoms with Gasteiger partial charge in [-0.05, 0) is 48.2 Å². The van der Waals surface area contributed by atoms with Crippen molar-refractivity contribution < 1.29 is 4.39 Å². The summed E-state index contributed by atoms with van der Waals surface area (Å²) in [5.41, 5.74) is 5.04. The first-order valence-corrected chi connectivity index (χ1v) is 5.84. The summed E-state index contributed by atoms with van der Waals surface area (Å²) in [5, 5.41) is 3.49. The molecular formula is C15H14FN. The largest absolute Gasteiger partial charge is 0.378 e. The van der Waals surface area contributed by atoms with E-state index in [1.807, 2.05) is 12.1 Å². The van der Waals surface area contributed by atoms with E-state index in [0.717, 1.165) is 12.0 Å². The molecular weight excluding hydrogens is 213 g/mol. The predicted molar refractivity (Wildman–Crippen MR) is 67.6 cm³/mol. The van der Waals surface area contributed by atoms with E-state index in [1.54, 1.807) is 0 Å². The summed E-state index contributed by atoms with van der Waals surface area (Å²) in [6.45, 7) is 2.13. The zero-order chi connectivity index (χ0) is 11.8. The number of nitrogens with one attached hydrogen (secondary N) is 1. The third-order valence-corrected chi connectivity index (χ3v) is 3.42. The minimum atomic E-state index is -0.180. The van der Waals surface area contributed by atoms with Crippen LogP contribution < -0.4 is 5.32 Å². The lowest BCUT2D eigenvalue weighted by molar-refractivity contribution is 0.626. The molecule has 1 atom stereocenters. The Kier molecular flexibility index (Phi) is 2.36. The van der Waals surface area contributed by atoms with Gasteiger partial charge >= 0.3 is 0 Å². The summed E-state index contributed by atoms with van der Waals surface area (Å²) in [5.74, 6) is -0.180. The Balaban J connectivity index is 1.91. The number of benzene rings is 2. The highest BCUT2D eigenvalue weighted by atomic mass is 19.1. The van der Waals surface area contributed by atoms with Crippen LogP contribution >= 0.6 is 0 Å². The number of fused-ring (bicyclic) bond motifs is 1. The predicted octanol–water partition coefficient (Wildman–Crippen LogP) is 3.84. The van der Waals surface area contributed by atoms with E-state index in [4.69, 9.17) is 0 Å². The van der Waals surface area contributed by atoms with Gasteiger partial charge in [-0.1, -0.05) is 24.3 Å². The van der Waals surface area contributed by atoms with E-state index in [-0.39, 0.29) is 11.9 Å². The molecule has 0 saturated carbocycles. The Bertz CT molecular complexity index is 545. The quantitative estimate of drug-likeness (QED) is 0.780. The molecule has 17 heavy (non-hydrogen) atoms. The average Bonchev–Trinajstić information content (AvgIpc) is 2.75. The fourth-order valence-corrected chi connectivity index (χ4v) is 2.45. The van der Waals surface area contributed by atoms with Gasteiger partial charge in [0.15, 0.2) is 0 Å². The van der Waals surface area contributed by atoms with Crippen molar-refractivity contribution in [1.82, 2.24) is 0 Å². The third-order valence-electron chi connectivity index (χ3n) is 3.42. The SMILES string of the molecule is Cc1cccc2c1CC(c1ccc(F)cc1)N2. The summed E-state index contributed by atoms with van der Waals surface area (Å²) in [7, 11) is 0. The molecule has 0 amide bonds. The molecule has 2 heteroatoms. The molecule has 2 aromatic rings. The molecule has 1 unspecified atom stereocenters. The Morgan fingerprint density at radius 1 is 1.12 bits per heavy atom. The lowest BCUT2D eigenvalue weighted by atomic mass is 10.0. The van der Waals surface area contributed by atoms with Crippen LogP contribution in [0.5, 0.6) is 0 Å². The topological polar surface area (TPSA) is 12.0 Å². The van der Waals surface area contributed by atoms with Gasteiger partial charge < -0.3 is 5.32 Å². The van der Waals surface area contributed by atoms with Gasteiger partial charge in [0.25, 0.3) is 0 Å². The number of aryl methyl sites for hydroxylation is 1. The van der Waals surface area contributed by atoms with Gasteiger partial charge in [0, 0.05) is 5.69 Å². The minimum Gasteiger partial charge on any atom is -0.378 e. The van der Waals surface area contributed by atoms with Crippen LogP contribution in [0.2, 0.25) is 0 Å². The summed E-state index contributed by atoms with van der Waals surface area (Å²) in [6, 6.07) is 13.3. The van der Waals surface area contributed by atoms with Crippen LogP contribution in [0.4, 0.5) is 10.1 Å². The third kappa shape index (κ3) is 1.80. The van der Waals surface area contributed by atoms with Crippen molar-refractivity contribution in [3.05, 3.63) is 65.0 Å². The Morgan fingerprint density at radius 3 is 2.59 bits per heavy atom. The number of halogens is 1. The zero-order valence-electron chi connectivity index (χ0n) is 9.70. The molecule has 0 bridgehead atoms. The Hall–Kier alpha value is -1.83. The average molecular weight is 227 g/mol. The first kappa shape index (κ1) is 10.3. The number of rotatable bonds is 1. The molecule has 0 aliphatic carbocycles. The molecule has 0 spiro atoms. The summed E-state index contributed by atoms with van der Waals surface area (Å²) in [4.78, 5) is 0. The summed E-state index contributed by atoms with van der Waals surface area (Å²) in [6.07, 6.45) is 0.980. The lowest BCUT2D eigenvalue weighted by Crippen LogP contribution is -2.05. The van der Waals surface area contributed by atoms with Crippen LogP contribution in [0.15, 0.2) is 42.5 Å². The van der Waals surface area contributed by atoms with Crippen LogP contribution in [0.25, 0.3) is 0 Å². The minimum absolute atomic E-state index is 0.180. The molecule has 0 aromatic heterocycles. The van der Waals surface area contributed by atoms with Crippen LogP contribution in [0, 0.1) is 12.7 Å². The lowest BCUT2D eigenvalue weighted by Gasteiger charge is -2.11. The van der Waals surface area contributed by atoms with Crippen molar-refractivity contribution in [2.24, 2.45) is 0 Å². The highest BCUT2D eigenvalue weighted by Crippen LogP contribution is 2.35. The van der Waals surface area contributed by atoms with E-state index in [9.17, 15) is 4.39 Å². The molecule has 2 aromatic carbocycles. The van der Waals surface area contributed by atoms with Crippen molar-refractivity contribution in [2.45, 2.75) is 19.4 Å². The molecule has 1 nitrogen and oxygen atoms in total. The molecule has 0 fully saturated rings. The first-order chi connectivity index (χ1) is 8.24. The molecule has 1 heterocycles. The van der Waals surface area contributed by atoms with Gasteiger partial charge in [0.2, 0.25) is 0 Å². The number of hydrogen-bond donors (Lipinski definition) is 1. The Morgan fingerprint density at radius 2 is 1.88 bits per heavy atom. The standard InChI is InChI=1S/C15H14FN/c1-10-3-2-4-14-13(10)9-15(17-14)11-5-7-12(16)8-6-11/h2-8,15,17H,9H2,1H3. The highest BCUT2D eigenvalue weighted by Gasteiger charge is 2.22. The molecule has 1 aliphatic heterocycles. The van der Waals surface area contributed by atoms with E-state index in [0.29, 0.717) is 0 Å². The van der Waals surface area contributed by atoms with E-state index in [2.05, 4.69) is 30.4 Å². The van der Waals surface area contributed by atoms with Crippen molar-refractivity contribution in [2.75, 3.05) is 5.32 Å². The van der Waals surface area contributed by atoms with Crippen LogP contribution in [0.3, 0.4) is 0 Å². The van der Waals surface area contributed by atoms with Gasteiger partial charge in [0.1, 0.15) is 5.82 Å². The van der Waals surface area contributed by atoms with Crippen LogP contribution in [-0.2, 0) is 6.42 Å². The second-order valence-corrected chi connectivity index (χ2v) is 4.55. The first-order valence-electron chi connectivity index (χ1n) is 5.84. The van der Waals surface area contributed by atoms with Crippen molar-refractivity contribution >= 4 is 5.69 Å². The maximum atomic E-state index is 12.9. The van der Waals surface area contributed by atoms with Gasteiger partial charge in [-0.2, -0.15) is 0 Å². The van der Waals surface area contributed by atoms with E-state index >= 15 is 0 Å². The molecule has 1 N–H and O–H groups in total.